The van der Waals surface area contributed by atoms with Crippen molar-refractivity contribution in [1.82, 2.24) is 9.97 Å². The normalized spacial score (nSPS) is 10.8. The van der Waals surface area contributed by atoms with Gasteiger partial charge in [-0.3, -0.25) is 0 Å². The Morgan fingerprint density at radius 1 is 1.33 bits per heavy atom. The second kappa shape index (κ2) is 5.87. The van der Waals surface area contributed by atoms with Crippen LogP contribution in [0.3, 0.4) is 0 Å². The molecule has 0 bridgehead atoms. The van der Waals surface area contributed by atoms with E-state index >= 15 is 0 Å². The summed E-state index contributed by atoms with van der Waals surface area (Å²) in [4.78, 5) is 19.3. The number of rotatable bonds is 3. The van der Waals surface area contributed by atoms with Crippen LogP contribution in [0.5, 0.6) is 0 Å². The van der Waals surface area contributed by atoms with Gasteiger partial charge in [-0.1, -0.05) is 27.5 Å². The van der Waals surface area contributed by atoms with E-state index in [2.05, 4.69) is 25.9 Å². The van der Waals surface area contributed by atoms with E-state index in [1.165, 1.54) is 0 Å². The van der Waals surface area contributed by atoms with Crippen LogP contribution < -0.4 is 0 Å². The van der Waals surface area contributed by atoms with E-state index in [0.717, 1.165) is 15.4 Å². The van der Waals surface area contributed by atoms with E-state index in [1.807, 2.05) is 6.07 Å². The second-order valence-electron chi connectivity index (χ2n) is 4.41. The van der Waals surface area contributed by atoms with Crippen molar-refractivity contribution in [2.45, 2.75) is 6.61 Å². The number of nitrogens with one attached hydrogen (secondary N) is 1. The first kappa shape index (κ1) is 14.1. The number of fused-ring (bicyclic) bond motifs is 1. The molecule has 0 unspecified atom stereocenters. The third-order valence-electron chi connectivity index (χ3n) is 3.05. The maximum absolute atomic E-state index is 12.2. The van der Waals surface area contributed by atoms with Crippen LogP contribution in [-0.2, 0) is 11.3 Å². The molecule has 0 radical (unpaired) electrons. The second-order valence-corrected chi connectivity index (χ2v) is 5.70. The van der Waals surface area contributed by atoms with Crippen LogP contribution in [0, 0.1) is 0 Å². The van der Waals surface area contributed by atoms with Crippen molar-refractivity contribution in [3.8, 4) is 0 Å². The Bertz CT molecular complexity index is 816. The van der Waals surface area contributed by atoms with Crippen LogP contribution in [0.4, 0.5) is 0 Å². The molecule has 0 fully saturated rings. The summed E-state index contributed by atoms with van der Waals surface area (Å²) in [7, 11) is 0. The molecule has 2 aromatic heterocycles. The minimum absolute atomic E-state index is 0.147. The number of H-pyrrole nitrogens is 1. The molecule has 1 aromatic carbocycles. The highest BCUT2D eigenvalue weighted by atomic mass is 79.9. The average molecular weight is 366 g/mol. The maximum Gasteiger partial charge on any atom is 0.339 e. The Labute approximate surface area is 134 Å². The molecular formula is C15H10BrClN2O2. The van der Waals surface area contributed by atoms with Gasteiger partial charge in [0.25, 0.3) is 0 Å². The van der Waals surface area contributed by atoms with Crippen LogP contribution in [0.25, 0.3) is 11.0 Å². The average Bonchev–Trinajstić information content (AvgIpc) is 2.96. The van der Waals surface area contributed by atoms with E-state index in [4.69, 9.17) is 16.3 Å². The van der Waals surface area contributed by atoms with E-state index in [0.29, 0.717) is 16.2 Å². The third kappa shape index (κ3) is 2.94. The van der Waals surface area contributed by atoms with Gasteiger partial charge < -0.3 is 9.72 Å². The van der Waals surface area contributed by atoms with Gasteiger partial charge in [-0.2, -0.15) is 0 Å². The molecule has 0 spiro atoms. The number of carbonyl (C=O) groups is 1. The topological polar surface area (TPSA) is 55.0 Å². The molecular weight excluding hydrogens is 356 g/mol. The van der Waals surface area contributed by atoms with Gasteiger partial charge in [-0.15, -0.1) is 0 Å². The molecule has 2 heterocycles. The first-order valence-electron chi connectivity index (χ1n) is 6.18. The van der Waals surface area contributed by atoms with Gasteiger partial charge in [0.2, 0.25) is 0 Å². The molecule has 106 valence electrons. The summed E-state index contributed by atoms with van der Waals surface area (Å²) in [6.07, 6.45) is 3.31. The number of pyridine rings is 1. The van der Waals surface area contributed by atoms with E-state index in [-0.39, 0.29) is 6.61 Å². The predicted octanol–water partition coefficient (Wildman–Crippen LogP) is 4.34. The number of halogens is 2. The number of benzene rings is 1. The highest BCUT2D eigenvalue weighted by molar-refractivity contribution is 9.10. The summed E-state index contributed by atoms with van der Waals surface area (Å²) in [6.45, 7) is 0.147. The SMILES string of the molecule is O=C(OCc1cc(Cl)ccc1Br)c1ccnc2[nH]ccc12. The van der Waals surface area contributed by atoms with Crippen LogP contribution in [-0.4, -0.2) is 15.9 Å². The van der Waals surface area contributed by atoms with Crippen LogP contribution >= 0.6 is 27.5 Å². The standard InChI is InChI=1S/C15H10BrClN2O2/c16-13-2-1-10(17)7-9(13)8-21-15(20)12-4-6-19-14-11(12)3-5-18-14/h1-7H,8H2,(H,18,19). The smallest absolute Gasteiger partial charge is 0.339 e. The zero-order valence-corrected chi connectivity index (χ0v) is 13.1. The molecule has 0 saturated heterocycles. The molecule has 1 N–H and O–H groups in total. The van der Waals surface area contributed by atoms with Gasteiger partial charge in [0.1, 0.15) is 12.3 Å². The summed E-state index contributed by atoms with van der Waals surface area (Å²) in [5.74, 6) is -0.395. The Balaban J connectivity index is 1.81. The lowest BCUT2D eigenvalue weighted by Crippen LogP contribution is -2.06. The van der Waals surface area contributed by atoms with Crippen molar-refractivity contribution < 1.29 is 9.53 Å². The molecule has 21 heavy (non-hydrogen) atoms. The number of carbonyl (C=O) groups excluding carboxylic acids is 1. The van der Waals surface area contributed by atoms with E-state index in [1.54, 1.807) is 36.7 Å². The number of aromatic amines is 1. The fourth-order valence-electron chi connectivity index (χ4n) is 2.01. The van der Waals surface area contributed by atoms with Crippen molar-refractivity contribution in [3.05, 3.63) is 63.3 Å². The minimum atomic E-state index is -0.395. The van der Waals surface area contributed by atoms with Gasteiger partial charge in [0.05, 0.1) is 5.56 Å². The summed E-state index contributed by atoms with van der Waals surface area (Å²) >= 11 is 9.34. The zero-order chi connectivity index (χ0) is 14.8. The molecule has 0 aliphatic heterocycles. The first-order chi connectivity index (χ1) is 10.1. The first-order valence-corrected chi connectivity index (χ1v) is 7.35. The molecule has 0 saturated carbocycles. The highest BCUT2D eigenvalue weighted by Gasteiger charge is 2.13. The number of aromatic nitrogens is 2. The summed E-state index contributed by atoms with van der Waals surface area (Å²) in [6, 6.07) is 8.79. The van der Waals surface area contributed by atoms with Crippen LogP contribution in [0.15, 0.2) is 47.2 Å². The summed E-state index contributed by atoms with van der Waals surface area (Å²) < 4.78 is 6.21. The molecule has 6 heteroatoms. The van der Waals surface area contributed by atoms with Crippen LogP contribution in [0.2, 0.25) is 5.02 Å². The lowest BCUT2D eigenvalue weighted by atomic mass is 10.2. The monoisotopic (exact) mass is 364 g/mol. The zero-order valence-electron chi connectivity index (χ0n) is 10.8. The van der Waals surface area contributed by atoms with Gasteiger partial charge >= 0.3 is 5.97 Å². The van der Waals surface area contributed by atoms with Gasteiger partial charge in [-0.25, -0.2) is 9.78 Å². The van der Waals surface area contributed by atoms with E-state index in [9.17, 15) is 4.79 Å². The van der Waals surface area contributed by atoms with Crippen molar-refractivity contribution in [3.63, 3.8) is 0 Å². The lowest BCUT2D eigenvalue weighted by molar-refractivity contribution is 0.0474. The predicted molar refractivity (Wildman–Crippen MR) is 84.4 cm³/mol. The summed E-state index contributed by atoms with van der Waals surface area (Å²) in [5, 5.41) is 1.34. The number of nitrogens with zero attached hydrogens (tertiary/aromatic N) is 1. The molecule has 0 atom stereocenters. The Morgan fingerprint density at radius 2 is 2.19 bits per heavy atom. The maximum atomic E-state index is 12.2. The van der Waals surface area contributed by atoms with Crippen molar-refractivity contribution >= 4 is 44.5 Å². The van der Waals surface area contributed by atoms with E-state index < -0.39 is 5.97 Å². The quantitative estimate of drug-likeness (QED) is 0.703. The molecule has 3 aromatic rings. The minimum Gasteiger partial charge on any atom is -0.457 e. The largest absolute Gasteiger partial charge is 0.457 e. The third-order valence-corrected chi connectivity index (χ3v) is 4.06. The Morgan fingerprint density at radius 3 is 3.05 bits per heavy atom. The Hall–Kier alpha value is -1.85. The summed E-state index contributed by atoms with van der Waals surface area (Å²) in [5.41, 5.74) is 1.96. The highest BCUT2D eigenvalue weighted by Crippen LogP contribution is 2.23. The number of hydrogen-bond donors (Lipinski definition) is 1. The van der Waals surface area contributed by atoms with Gasteiger partial charge in [0.15, 0.2) is 0 Å². The number of ether oxygens (including phenoxy) is 1. The van der Waals surface area contributed by atoms with Crippen molar-refractivity contribution in [2.75, 3.05) is 0 Å². The molecule has 3 rings (SSSR count). The van der Waals surface area contributed by atoms with Crippen molar-refractivity contribution in [1.29, 1.82) is 0 Å². The van der Waals surface area contributed by atoms with Crippen LogP contribution in [0.1, 0.15) is 15.9 Å². The van der Waals surface area contributed by atoms with Gasteiger partial charge in [0, 0.05) is 32.8 Å². The fourth-order valence-corrected chi connectivity index (χ4v) is 2.57. The molecule has 4 nitrogen and oxygen atoms in total. The van der Waals surface area contributed by atoms with Gasteiger partial charge in [-0.05, 0) is 30.3 Å². The molecule has 0 aliphatic rings. The fraction of sp³-hybridized carbons (Fsp3) is 0.0667. The number of esters is 1. The molecule has 0 amide bonds. The Kier molecular flexibility index (Phi) is 3.94. The lowest BCUT2D eigenvalue weighted by Gasteiger charge is -2.08. The van der Waals surface area contributed by atoms with Crippen molar-refractivity contribution in [2.24, 2.45) is 0 Å². The number of hydrogen-bond acceptors (Lipinski definition) is 3. The molecule has 0 aliphatic carbocycles.